The van der Waals surface area contributed by atoms with Crippen LogP contribution in [0, 0.1) is 0 Å². The highest BCUT2D eigenvalue weighted by molar-refractivity contribution is 6.12. The van der Waals surface area contributed by atoms with Crippen molar-refractivity contribution < 1.29 is 5.11 Å². The van der Waals surface area contributed by atoms with Crippen LogP contribution >= 0.6 is 0 Å². The van der Waals surface area contributed by atoms with E-state index in [9.17, 15) is 5.11 Å². The lowest BCUT2D eigenvalue weighted by atomic mass is 10.0. The predicted molar refractivity (Wildman–Crippen MR) is 144 cm³/mol. The first kappa shape index (κ1) is 25.1. The minimum Gasteiger partial charge on any atom is -0.391 e. The molecule has 178 valence electrons. The van der Waals surface area contributed by atoms with E-state index < -0.39 is 6.10 Å². The topological polar surface area (TPSA) is 73.6 Å². The Bertz CT molecular complexity index is 1130. The minimum absolute atomic E-state index is 0.0483. The molecule has 1 fully saturated rings. The van der Waals surface area contributed by atoms with Gasteiger partial charge in [-0.05, 0) is 43.4 Å². The molecule has 0 saturated heterocycles. The third-order valence-corrected chi connectivity index (χ3v) is 5.64. The van der Waals surface area contributed by atoms with Gasteiger partial charge in [-0.2, -0.15) is 0 Å². The summed E-state index contributed by atoms with van der Waals surface area (Å²) in [6.45, 7) is 9.91. The first-order valence-corrected chi connectivity index (χ1v) is 11.5. The fourth-order valence-electron chi connectivity index (χ4n) is 4.08. The zero-order valence-electron chi connectivity index (χ0n) is 20.6. The van der Waals surface area contributed by atoms with Gasteiger partial charge in [0.2, 0.25) is 0 Å². The normalized spacial score (nSPS) is 18.9. The average molecular weight is 458 g/mol. The van der Waals surface area contributed by atoms with Crippen molar-refractivity contribution in [3.05, 3.63) is 78.7 Å². The summed E-state index contributed by atoms with van der Waals surface area (Å²) >= 11 is 0. The Hall–Kier alpha value is -3.51. The van der Waals surface area contributed by atoms with Crippen molar-refractivity contribution >= 4 is 23.2 Å². The largest absolute Gasteiger partial charge is 0.391 e. The van der Waals surface area contributed by atoms with Crippen LogP contribution in [0.4, 0.5) is 5.82 Å². The molecule has 0 radical (unpaired) electrons. The smallest absolute Gasteiger partial charge is 0.161 e. The molecule has 0 unspecified atom stereocenters. The van der Waals surface area contributed by atoms with Gasteiger partial charge in [0.05, 0.1) is 12.1 Å². The van der Waals surface area contributed by atoms with E-state index in [-0.39, 0.29) is 6.04 Å². The number of nitrogens with zero attached hydrogens (tertiary/aromatic N) is 4. The van der Waals surface area contributed by atoms with Gasteiger partial charge in [0.25, 0.3) is 0 Å². The zero-order chi connectivity index (χ0) is 24.7. The Morgan fingerprint density at radius 3 is 2.68 bits per heavy atom. The number of benzene rings is 1. The summed E-state index contributed by atoms with van der Waals surface area (Å²) in [5.74, 6) is 1.29. The van der Waals surface area contributed by atoms with Crippen molar-refractivity contribution in [2.75, 3.05) is 26.5 Å². The van der Waals surface area contributed by atoms with Gasteiger partial charge in [0, 0.05) is 56.5 Å². The highest BCUT2D eigenvalue weighted by Gasteiger charge is 2.26. The SMILES string of the molecule is C=C/C(=C\N(C)C)c1cccc(-c2ncc(/C(C=NC)=C/C(=C)C)c(N[C@H]3CCC[C@H]3O)n2)c1. The molecular weight excluding hydrogens is 422 g/mol. The third kappa shape index (κ3) is 6.29. The van der Waals surface area contributed by atoms with Gasteiger partial charge < -0.3 is 15.3 Å². The second-order valence-electron chi connectivity index (χ2n) is 8.87. The third-order valence-electron chi connectivity index (χ3n) is 5.64. The van der Waals surface area contributed by atoms with Crippen LogP contribution in [0.5, 0.6) is 0 Å². The number of aromatic nitrogens is 2. The molecule has 2 N–H and O–H groups in total. The maximum atomic E-state index is 10.4. The average Bonchev–Trinajstić information content (AvgIpc) is 3.21. The van der Waals surface area contributed by atoms with E-state index in [1.165, 1.54) is 0 Å². The van der Waals surface area contributed by atoms with Crippen molar-refractivity contribution in [2.24, 2.45) is 4.99 Å². The number of nitrogens with one attached hydrogen (secondary N) is 1. The van der Waals surface area contributed by atoms with Crippen molar-refractivity contribution in [1.29, 1.82) is 0 Å². The molecular formula is C28H35N5O. The summed E-state index contributed by atoms with van der Waals surface area (Å²) in [6.07, 6.45) is 11.7. The molecule has 1 saturated carbocycles. The van der Waals surface area contributed by atoms with Crippen LogP contribution in [-0.2, 0) is 0 Å². The lowest BCUT2D eigenvalue weighted by Gasteiger charge is -2.20. The van der Waals surface area contributed by atoms with Crippen LogP contribution in [0.25, 0.3) is 22.5 Å². The van der Waals surface area contributed by atoms with E-state index >= 15 is 0 Å². The van der Waals surface area contributed by atoms with Gasteiger partial charge in [-0.25, -0.2) is 9.97 Å². The number of allylic oxidation sites excluding steroid dienone is 5. The van der Waals surface area contributed by atoms with Crippen molar-refractivity contribution in [3.63, 3.8) is 0 Å². The van der Waals surface area contributed by atoms with Crippen molar-refractivity contribution in [3.8, 4) is 11.4 Å². The zero-order valence-corrected chi connectivity index (χ0v) is 20.6. The van der Waals surface area contributed by atoms with Crippen molar-refractivity contribution in [2.45, 2.75) is 38.3 Å². The summed E-state index contributed by atoms with van der Waals surface area (Å²) < 4.78 is 0. The Labute approximate surface area is 203 Å². The summed E-state index contributed by atoms with van der Waals surface area (Å²) in [5, 5.41) is 13.9. The summed E-state index contributed by atoms with van der Waals surface area (Å²) in [5.41, 5.74) is 5.56. The van der Waals surface area contributed by atoms with Gasteiger partial charge in [-0.15, -0.1) is 0 Å². The Morgan fingerprint density at radius 2 is 2.06 bits per heavy atom. The van der Waals surface area contributed by atoms with Gasteiger partial charge in [-0.1, -0.05) is 49.1 Å². The molecule has 0 spiro atoms. The van der Waals surface area contributed by atoms with E-state index in [4.69, 9.17) is 9.97 Å². The van der Waals surface area contributed by atoms with E-state index in [1.54, 1.807) is 13.3 Å². The van der Waals surface area contributed by atoms with Crippen LogP contribution in [0.15, 0.2) is 72.5 Å². The summed E-state index contributed by atoms with van der Waals surface area (Å²) in [7, 11) is 5.71. The Balaban J connectivity index is 2.10. The molecule has 6 heteroatoms. The number of hydrogen-bond acceptors (Lipinski definition) is 6. The molecule has 1 aliphatic carbocycles. The van der Waals surface area contributed by atoms with Crippen LogP contribution in [-0.4, -0.2) is 59.5 Å². The standard InChI is InChI=1S/C28H35N5O/c1-7-20(18-33(5)6)21-10-8-11-22(15-21)27-30-17-24(23(16-29-4)14-19(2)3)28(32-27)31-25-12-9-13-26(25)34/h7-8,10-11,14-18,25-26,34H,1-2,9,12-13H2,3-6H3,(H,30,31,32)/b20-18+,23-14+,29-16?/t25-,26+/m0/s1. The molecule has 2 aromatic rings. The monoisotopic (exact) mass is 457 g/mol. The first-order chi connectivity index (χ1) is 16.3. The molecule has 0 aliphatic heterocycles. The highest BCUT2D eigenvalue weighted by Crippen LogP contribution is 2.30. The number of aliphatic imine (C=N–C) groups is 1. The van der Waals surface area contributed by atoms with Crippen LogP contribution in [0.3, 0.4) is 0 Å². The van der Waals surface area contributed by atoms with E-state index in [0.29, 0.717) is 11.6 Å². The fraction of sp³-hybridized carbons (Fsp3) is 0.321. The number of aliphatic hydroxyl groups is 1. The van der Waals surface area contributed by atoms with E-state index in [2.05, 4.69) is 29.5 Å². The molecule has 34 heavy (non-hydrogen) atoms. The molecule has 1 heterocycles. The fourth-order valence-corrected chi connectivity index (χ4v) is 4.08. The van der Waals surface area contributed by atoms with Crippen LogP contribution < -0.4 is 5.32 Å². The number of anilines is 1. The van der Waals surface area contributed by atoms with Gasteiger partial charge >= 0.3 is 0 Å². The van der Waals surface area contributed by atoms with Gasteiger partial charge in [0.1, 0.15) is 5.82 Å². The second-order valence-corrected chi connectivity index (χ2v) is 8.87. The molecule has 3 rings (SSSR count). The lowest BCUT2D eigenvalue weighted by molar-refractivity contribution is 0.171. The van der Waals surface area contributed by atoms with Crippen LogP contribution in [0.1, 0.15) is 37.3 Å². The number of hydrogen-bond donors (Lipinski definition) is 2. The highest BCUT2D eigenvalue weighted by atomic mass is 16.3. The second kappa shape index (κ2) is 11.6. The molecule has 6 nitrogen and oxygen atoms in total. The van der Waals surface area contributed by atoms with E-state index in [0.717, 1.165) is 52.7 Å². The van der Waals surface area contributed by atoms with Gasteiger partial charge in [-0.3, -0.25) is 4.99 Å². The predicted octanol–water partition coefficient (Wildman–Crippen LogP) is 5.22. The van der Waals surface area contributed by atoms with Crippen molar-refractivity contribution in [1.82, 2.24) is 14.9 Å². The van der Waals surface area contributed by atoms with E-state index in [1.807, 2.05) is 68.7 Å². The molecule has 2 atom stereocenters. The maximum absolute atomic E-state index is 10.4. The first-order valence-electron chi connectivity index (χ1n) is 11.5. The minimum atomic E-state index is -0.394. The number of rotatable bonds is 9. The molecule has 0 bridgehead atoms. The molecule has 1 aromatic heterocycles. The summed E-state index contributed by atoms with van der Waals surface area (Å²) in [6, 6.07) is 8.07. The number of aliphatic hydroxyl groups excluding tert-OH is 1. The van der Waals surface area contributed by atoms with Crippen LogP contribution in [0.2, 0.25) is 0 Å². The molecule has 1 aromatic carbocycles. The Morgan fingerprint density at radius 1 is 1.26 bits per heavy atom. The van der Waals surface area contributed by atoms with Gasteiger partial charge in [0.15, 0.2) is 5.82 Å². The lowest BCUT2D eigenvalue weighted by Crippen LogP contribution is -2.29. The maximum Gasteiger partial charge on any atom is 0.161 e. The molecule has 1 aliphatic rings. The quantitative estimate of drug-likeness (QED) is 0.399. The summed E-state index contributed by atoms with van der Waals surface area (Å²) in [4.78, 5) is 15.8. The Kier molecular flexibility index (Phi) is 8.55. The molecule has 0 amide bonds.